The number of nitrogens with one attached hydrogen (secondary N) is 1. The quantitative estimate of drug-likeness (QED) is 0.795. The van der Waals surface area contributed by atoms with Gasteiger partial charge in [-0.25, -0.2) is 0 Å². The average molecular weight is 347 g/mol. The monoisotopic (exact) mass is 346 g/mol. The van der Waals surface area contributed by atoms with Crippen LogP contribution in [0.15, 0.2) is 18.2 Å². The maximum Gasteiger partial charge on any atom is 0.255 e. The number of piperazine rings is 1. The van der Waals surface area contributed by atoms with E-state index >= 15 is 0 Å². The minimum absolute atomic E-state index is 0. The van der Waals surface area contributed by atoms with Crippen LogP contribution in [-0.4, -0.2) is 61.4 Å². The summed E-state index contributed by atoms with van der Waals surface area (Å²) in [6.45, 7) is 2.87. The topological polar surface area (TPSA) is 78.7 Å². The number of hydrogen-bond donors (Lipinski definition) is 2. The molecular formula is C14H20Cl2N4O2. The van der Waals surface area contributed by atoms with E-state index in [1.54, 1.807) is 30.1 Å². The van der Waals surface area contributed by atoms with Gasteiger partial charge >= 0.3 is 0 Å². The van der Waals surface area contributed by atoms with Crippen molar-refractivity contribution < 1.29 is 9.59 Å². The number of nitrogen functional groups attached to an aromatic ring is 1. The third-order valence-electron chi connectivity index (χ3n) is 3.53. The van der Waals surface area contributed by atoms with Crippen LogP contribution in [0.1, 0.15) is 10.4 Å². The number of rotatable bonds is 3. The molecule has 6 nitrogen and oxygen atoms in total. The lowest BCUT2D eigenvalue weighted by Gasteiger charge is -2.34. The van der Waals surface area contributed by atoms with Gasteiger partial charge in [-0.05, 0) is 18.2 Å². The van der Waals surface area contributed by atoms with Crippen molar-refractivity contribution in [1.82, 2.24) is 15.1 Å². The number of benzene rings is 1. The van der Waals surface area contributed by atoms with E-state index in [-0.39, 0.29) is 24.2 Å². The largest absolute Gasteiger partial charge is 0.399 e. The maximum absolute atomic E-state index is 12.4. The van der Waals surface area contributed by atoms with Crippen LogP contribution >= 0.6 is 24.0 Å². The Hall–Kier alpha value is -1.50. The third-order valence-corrected chi connectivity index (χ3v) is 3.84. The van der Waals surface area contributed by atoms with Gasteiger partial charge in [0.1, 0.15) is 0 Å². The molecule has 0 radical (unpaired) electrons. The normalized spacial score (nSPS) is 15.1. The Morgan fingerprint density at radius 2 is 1.91 bits per heavy atom. The van der Waals surface area contributed by atoms with Gasteiger partial charge in [0.15, 0.2) is 0 Å². The lowest BCUT2D eigenvalue weighted by atomic mass is 10.1. The average Bonchev–Trinajstić information content (AvgIpc) is 2.47. The summed E-state index contributed by atoms with van der Waals surface area (Å²) in [6, 6.07) is 4.90. The Labute approximate surface area is 141 Å². The predicted octanol–water partition coefficient (Wildman–Crippen LogP) is 0.848. The van der Waals surface area contributed by atoms with Gasteiger partial charge in [0, 0.05) is 38.9 Å². The summed E-state index contributed by atoms with van der Waals surface area (Å²) >= 11 is 6.07. The molecule has 1 saturated heterocycles. The molecule has 0 bridgehead atoms. The van der Waals surface area contributed by atoms with Crippen LogP contribution in [0.3, 0.4) is 0 Å². The Morgan fingerprint density at radius 1 is 1.27 bits per heavy atom. The molecular weight excluding hydrogens is 327 g/mol. The van der Waals surface area contributed by atoms with Gasteiger partial charge in [0.25, 0.3) is 5.91 Å². The fourth-order valence-corrected chi connectivity index (χ4v) is 2.54. The van der Waals surface area contributed by atoms with Gasteiger partial charge in [0.05, 0.1) is 17.1 Å². The number of amides is 2. The molecule has 1 heterocycles. The molecule has 2 amide bonds. The summed E-state index contributed by atoms with van der Waals surface area (Å²) in [6.07, 6.45) is 0. The molecule has 1 fully saturated rings. The van der Waals surface area contributed by atoms with Crippen LogP contribution in [0.2, 0.25) is 5.02 Å². The standard InChI is InChI=1S/C14H19ClN4O2.ClH/c1-17-13(20)9-18-4-6-19(7-5-18)14(21)11-3-2-10(16)8-12(11)15;/h2-3,8H,4-7,9,16H2,1H3,(H,17,20);1H. The van der Waals surface area contributed by atoms with Gasteiger partial charge in [-0.1, -0.05) is 11.6 Å². The zero-order chi connectivity index (χ0) is 15.4. The van der Waals surface area contributed by atoms with Crippen LogP contribution in [0.5, 0.6) is 0 Å². The first-order valence-corrected chi connectivity index (χ1v) is 7.16. The smallest absolute Gasteiger partial charge is 0.255 e. The van der Waals surface area contributed by atoms with Crippen LogP contribution in [0, 0.1) is 0 Å². The van der Waals surface area contributed by atoms with Gasteiger partial charge in [-0.2, -0.15) is 0 Å². The van der Waals surface area contributed by atoms with E-state index in [2.05, 4.69) is 5.32 Å². The summed E-state index contributed by atoms with van der Waals surface area (Å²) in [7, 11) is 1.62. The molecule has 1 aromatic rings. The highest BCUT2D eigenvalue weighted by molar-refractivity contribution is 6.34. The molecule has 22 heavy (non-hydrogen) atoms. The number of carbonyl (C=O) groups excluding carboxylic acids is 2. The molecule has 0 saturated carbocycles. The lowest BCUT2D eigenvalue weighted by molar-refractivity contribution is -0.122. The number of carbonyl (C=O) groups is 2. The fourth-order valence-electron chi connectivity index (χ4n) is 2.27. The summed E-state index contributed by atoms with van der Waals surface area (Å²) in [5.41, 5.74) is 6.63. The minimum Gasteiger partial charge on any atom is -0.399 e. The van der Waals surface area contributed by atoms with Gasteiger partial charge in [0.2, 0.25) is 5.91 Å². The molecule has 0 aliphatic carbocycles. The SMILES string of the molecule is CNC(=O)CN1CCN(C(=O)c2ccc(N)cc2Cl)CC1.Cl. The number of halogens is 2. The third kappa shape index (κ3) is 4.50. The van der Waals surface area contributed by atoms with Crippen molar-refractivity contribution >= 4 is 41.5 Å². The first-order valence-electron chi connectivity index (χ1n) is 6.78. The minimum atomic E-state index is -0.0976. The van der Waals surface area contributed by atoms with Crippen molar-refractivity contribution in [3.05, 3.63) is 28.8 Å². The van der Waals surface area contributed by atoms with E-state index in [0.29, 0.717) is 49.0 Å². The van der Waals surface area contributed by atoms with Crippen LogP contribution < -0.4 is 11.1 Å². The zero-order valence-electron chi connectivity index (χ0n) is 12.3. The number of anilines is 1. The molecule has 122 valence electrons. The molecule has 0 atom stereocenters. The van der Waals surface area contributed by atoms with E-state index in [1.165, 1.54) is 0 Å². The van der Waals surface area contributed by atoms with E-state index in [4.69, 9.17) is 17.3 Å². The number of likely N-dealkylation sites (N-methyl/N-ethyl adjacent to an activating group) is 1. The highest BCUT2D eigenvalue weighted by atomic mass is 35.5. The van der Waals surface area contributed by atoms with Crippen LogP contribution in [0.25, 0.3) is 0 Å². The van der Waals surface area contributed by atoms with E-state index < -0.39 is 0 Å². The molecule has 0 spiro atoms. The molecule has 1 aliphatic rings. The Morgan fingerprint density at radius 3 is 2.45 bits per heavy atom. The Kier molecular flexibility index (Phi) is 6.93. The van der Waals surface area contributed by atoms with Crippen molar-refractivity contribution in [2.45, 2.75) is 0 Å². The second-order valence-corrected chi connectivity index (χ2v) is 5.39. The second kappa shape index (κ2) is 8.22. The fraction of sp³-hybridized carbons (Fsp3) is 0.429. The van der Waals surface area contributed by atoms with Crippen molar-refractivity contribution in [3.8, 4) is 0 Å². The number of nitrogens with two attached hydrogens (primary N) is 1. The summed E-state index contributed by atoms with van der Waals surface area (Å²) in [4.78, 5) is 27.5. The molecule has 8 heteroatoms. The van der Waals surface area contributed by atoms with Gasteiger partial charge < -0.3 is 16.0 Å². The second-order valence-electron chi connectivity index (χ2n) is 4.98. The predicted molar refractivity (Wildman–Crippen MR) is 89.5 cm³/mol. The van der Waals surface area contributed by atoms with E-state index in [9.17, 15) is 9.59 Å². The van der Waals surface area contributed by atoms with Crippen LogP contribution in [0.4, 0.5) is 5.69 Å². The first kappa shape index (κ1) is 18.5. The van der Waals surface area contributed by atoms with Crippen molar-refractivity contribution in [3.63, 3.8) is 0 Å². The highest BCUT2D eigenvalue weighted by Gasteiger charge is 2.24. The first-order chi connectivity index (χ1) is 10.0. The summed E-state index contributed by atoms with van der Waals surface area (Å²) in [5, 5.41) is 2.96. The van der Waals surface area contributed by atoms with Crippen LogP contribution in [-0.2, 0) is 4.79 Å². The zero-order valence-corrected chi connectivity index (χ0v) is 13.9. The summed E-state index contributed by atoms with van der Waals surface area (Å²) < 4.78 is 0. The lowest BCUT2D eigenvalue weighted by Crippen LogP contribution is -2.50. The van der Waals surface area contributed by atoms with Crippen molar-refractivity contribution in [1.29, 1.82) is 0 Å². The van der Waals surface area contributed by atoms with Gasteiger partial charge in [-0.3, -0.25) is 14.5 Å². The molecule has 2 rings (SSSR count). The summed E-state index contributed by atoms with van der Waals surface area (Å²) in [5.74, 6) is -0.115. The maximum atomic E-state index is 12.4. The van der Waals surface area contributed by atoms with E-state index in [0.717, 1.165) is 0 Å². The number of hydrogen-bond acceptors (Lipinski definition) is 4. The molecule has 1 aromatic carbocycles. The van der Waals surface area contributed by atoms with E-state index in [1.807, 2.05) is 4.90 Å². The molecule has 1 aliphatic heterocycles. The van der Waals surface area contributed by atoms with Crippen molar-refractivity contribution in [2.75, 3.05) is 45.5 Å². The molecule has 3 N–H and O–H groups in total. The Bertz CT molecular complexity index is 546. The van der Waals surface area contributed by atoms with Crippen molar-refractivity contribution in [2.24, 2.45) is 0 Å². The van der Waals surface area contributed by atoms with Gasteiger partial charge in [-0.15, -0.1) is 12.4 Å². The number of nitrogens with zero attached hydrogens (tertiary/aromatic N) is 2. The molecule has 0 unspecified atom stereocenters. The Balaban J connectivity index is 0.00000242. The molecule has 0 aromatic heterocycles. The highest BCUT2D eigenvalue weighted by Crippen LogP contribution is 2.21.